The normalized spacial score (nSPS) is 19.3. The second-order valence-corrected chi connectivity index (χ2v) is 5.35. The first-order valence-electron chi connectivity index (χ1n) is 6.36. The van der Waals surface area contributed by atoms with Crippen LogP contribution < -0.4 is 4.90 Å². The summed E-state index contributed by atoms with van der Waals surface area (Å²) in [4.78, 5) is 18.5. The molecule has 1 unspecified atom stereocenters. The second-order valence-electron chi connectivity index (χ2n) is 4.94. The van der Waals surface area contributed by atoms with E-state index in [1.807, 2.05) is 0 Å². The van der Waals surface area contributed by atoms with Crippen LogP contribution in [0.15, 0.2) is 18.5 Å². The van der Waals surface area contributed by atoms with E-state index in [1.165, 1.54) is 4.90 Å². The molecule has 0 saturated carbocycles. The van der Waals surface area contributed by atoms with Gasteiger partial charge in [-0.1, -0.05) is 11.6 Å². The van der Waals surface area contributed by atoms with E-state index in [2.05, 4.69) is 9.88 Å². The summed E-state index contributed by atoms with van der Waals surface area (Å²) in [6, 6.07) is 1.78. The van der Waals surface area contributed by atoms with Gasteiger partial charge in [0.05, 0.1) is 16.9 Å². The molecule has 0 aliphatic carbocycles. The van der Waals surface area contributed by atoms with Gasteiger partial charge in [0, 0.05) is 32.9 Å². The summed E-state index contributed by atoms with van der Waals surface area (Å²) in [7, 11) is 1.61. The Morgan fingerprint density at radius 1 is 1.68 bits per heavy atom. The zero-order chi connectivity index (χ0) is 13.8. The minimum absolute atomic E-state index is 0.339. The van der Waals surface area contributed by atoms with Gasteiger partial charge in [-0.2, -0.15) is 0 Å². The van der Waals surface area contributed by atoms with Crippen molar-refractivity contribution >= 4 is 23.4 Å². The van der Waals surface area contributed by atoms with Crippen molar-refractivity contribution in [3.05, 3.63) is 23.5 Å². The summed E-state index contributed by atoms with van der Waals surface area (Å²) in [6.45, 7) is 2.32. The number of nitrogens with zero attached hydrogens (tertiary/aromatic N) is 3. The Bertz CT molecular complexity index is 455. The van der Waals surface area contributed by atoms with Crippen LogP contribution in [-0.2, 0) is 0 Å². The molecule has 104 valence electrons. The average Bonchev–Trinajstić information content (AvgIpc) is 2.39. The van der Waals surface area contributed by atoms with Crippen LogP contribution in [-0.4, -0.2) is 47.8 Å². The van der Waals surface area contributed by atoms with Crippen molar-refractivity contribution < 1.29 is 9.90 Å². The number of hydrogen-bond donors (Lipinski definition) is 1. The fraction of sp³-hybridized carbons (Fsp3) is 0.538. The molecule has 5 nitrogen and oxygen atoms in total. The Labute approximate surface area is 117 Å². The highest BCUT2D eigenvalue weighted by atomic mass is 35.5. The molecule has 1 amide bonds. The average molecular weight is 284 g/mol. The predicted octanol–water partition coefficient (Wildman–Crippen LogP) is 2.56. The van der Waals surface area contributed by atoms with Crippen molar-refractivity contribution in [3.63, 3.8) is 0 Å². The molecule has 2 heterocycles. The molecule has 1 fully saturated rings. The van der Waals surface area contributed by atoms with Crippen molar-refractivity contribution in [2.75, 3.05) is 31.6 Å². The first kappa shape index (κ1) is 13.9. The third kappa shape index (κ3) is 3.50. The Morgan fingerprint density at radius 3 is 3.16 bits per heavy atom. The summed E-state index contributed by atoms with van der Waals surface area (Å²) in [6.07, 6.45) is 4.66. The summed E-state index contributed by atoms with van der Waals surface area (Å²) < 4.78 is 0. The molecular weight excluding hydrogens is 266 g/mol. The maximum atomic E-state index is 10.9. The van der Waals surface area contributed by atoms with Gasteiger partial charge in [-0.05, 0) is 24.8 Å². The molecule has 0 spiro atoms. The summed E-state index contributed by atoms with van der Waals surface area (Å²) in [5, 5.41) is 9.62. The van der Waals surface area contributed by atoms with E-state index in [0.29, 0.717) is 17.5 Å². The maximum absolute atomic E-state index is 10.9. The van der Waals surface area contributed by atoms with E-state index in [1.54, 1.807) is 25.5 Å². The van der Waals surface area contributed by atoms with Gasteiger partial charge in [0.15, 0.2) is 0 Å². The first-order chi connectivity index (χ1) is 9.08. The molecule has 1 N–H and O–H groups in total. The van der Waals surface area contributed by atoms with Gasteiger partial charge in [0.1, 0.15) is 0 Å². The number of carboxylic acid groups (broad SMARTS) is 1. The molecule has 0 bridgehead atoms. The SMILES string of the molecule is CN(CC1CCCN(c2cnccc2Cl)C1)C(=O)O. The third-order valence-corrected chi connectivity index (χ3v) is 3.79. The predicted molar refractivity (Wildman–Crippen MR) is 74.8 cm³/mol. The van der Waals surface area contributed by atoms with Crippen molar-refractivity contribution in [2.24, 2.45) is 5.92 Å². The zero-order valence-electron chi connectivity index (χ0n) is 10.9. The van der Waals surface area contributed by atoms with E-state index in [0.717, 1.165) is 31.6 Å². The van der Waals surface area contributed by atoms with Crippen molar-refractivity contribution in [1.29, 1.82) is 0 Å². The smallest absolute Gasteiger partial charge is 0.407 e. The number of rotatable bonds is 3. The van der Waals surface area contributed by atoms with Gasteiger partial charge in [-0.3, -0.25) is 4.98 Å². The first-order valence-corrected chi connectivity index (χ1v) is 6.74. The molecule has 1 aromatic rings. The molecule has 1 atom stereocenters. The van der Waals surface area contributed by atoms with Gasteiger partial charge >= 0.3 is 6.09 Å². The lowest BCUT2D eigenvalue weighted by molar-refractivity contribution is 0.146. The summed E-state index contributed by atoms with van der Waals surface area (Å²) in [5.74, 6) is 0.339. The highest BCUT2D eigenvalue weighted by Crippen LogP contribution is 2.28. The number of pyridine rings is 1. The second kappa shape index (κ2) is 6.10. The molecule has 1 aliphatic heterocycles. The standard InChI is InChI=1S/C13H18ClN3O2/c1-16(13(18)19)8-10-3-2-6-17(9-10)12-7-15-5-4-11(12)14/h4-5,7,10H,2-3,6,8-9H2,1H3,(H,18,19). The van der Waals surface area contributed by atoms with Gasteiger partial charge in [0.2, 0.25) is 0 Å². The molecule has 1 saturated heterocycles. The van der Waals surface area contributed by atoms with Crippen LogP contribution >= 0.6 is 11.6 Å². The number of amides is 1. The largest absolute Gasteiger partial charge is 0.465 e. The molecule has 19 heavy (non-hydrogen) atoms. The molecule has 0 aromatic carbocycles. The summed E-state index contributed by atoms with van der Waals surface area (Å²) >= 11 is 6.18. The van der Waals surface area contributed by atoms with Crippen LogP contribution in [0.2, 0.25) is 5.02 Å². The highest BCUT2D eigenvalue weighted by molar-refractivity contribution is 6.33. The van der Waals surface area contributed by atoms with Crippen molar-refractivity contribution in [3.8, 4) is 0 Å². The molecule has 1 aliphatic rings. The number of aromatic nitrogens is 1. The van der Waals surface area contributed by atoms with Crippen LogP contribution in [0.4, 0.5) is 10.5 Å². The molecule has 2 rings (SSSR count). The summed E-state index contributed by atoms with van der Waals surface area (Å²) in [5.41, 5.74) is 0.937. The monoisotopic (exact) mass is 283 g/mol. The van der Waals surface area contributed by atoms with Crippen molar-refractivity contribution in [2.45, 2.75) is 12.8 Å². The lowest BCUT2D eigenvalue weighted by atomic mass is 9.97. The fourth-order valence-corrected chi connectivity index (χ4v) is 2.72. The number of piperidine rings is 1. The van der Waals surface area contributed by atoms with Gasteiger partial charge in [0.25, 0.3) is 0 Å². The number of anilines is 1. The van der Waals surface area contributed by atoms with Crippen LogP contribution in [0.3, 0.4) is 0 Å². The lowest BCUT2D eigenvalue weighted by Crippen LogP contribution is -2.41. The lowest BCUT2D eigenvalue weighted by Gasteiger charge is -2.35. The van der Waals surface area contributed by atoms with E-state index in [4.69, 9.17) is 16.7 Å². The Hall–Kier alpha value is -1.49. The Morgan fingerprint density at radius 2 is 2.47 bits per heavy atom. The van der Waals surface area contributed by atoms with Gasteiger partial charge < -0.3 is 14.9 Å². The molecular formula is C13H18ClN3O2. The maximum Gasteiger partial charge on any atom is 0.407 e. The van der Waals surface area contributed by atoms with Crippen LogP contribution in [0.5, 0.6) is 0 Å². The highest BCUT2D eigenvalue weighted by Gasteiger charge is 2.23. The van der Waals surface area contributed by atoms with E-state index in [-0.39, 0.29) is 0 Å². The van der Waals surface area contributed by atoms with Gasteiger partial charge in [-0.25, -0.2) is 4.79 Å². The minimum Gasteiger partial charge on any atom is -0.465 e. The Kier molecular flexibility index (Phi) is 4.47. The van der Waals surface area contributed by atoms with E-state index >= 15 is 0 Å². The Balaban J connectivity index is 2.01. The fourth-order valence-electron chi connectivity index (χ4n) is 2.50. The zero-order valence-corrected chi connectivity index (χ0v) is 11.7. The minimum atomic E-state index is -0.878. The van der Waals surface area contributed by atoms with Crippen LogP contribution in [0.25, 0.3) is 0 Å². The van der Waals surface area contributed by atoms with Crippen LogP contribution in [0, 0.1) is 5.92 Å². The molecule has 0 radical (unpaired) electrons. The number of halogens is 1. The van der Waals surface area contributed by atoms with Crippen LogP contribution in [0.1, 0.15) is 12.8 Å². The third-order valence-electron chi connectivity index (χ3n) is 3.47. The van der Waals surface area contributed by atoms with E-state index in [9.17, 15) is 4.79 Å². The molecule has 6 heteroatoms. The van der Waals surface area contributed by atoms with Crippen molar-refractivity contribution in [1.82, 2.24) is 9.88 Å². The van der Waals surface area contributed by atoms with E-state index < -0.39 is 6.09 Å². The number of hydrogen-bond acceptors (Lipinski definition) is 3. The topological polar surface area (TPSA) is 56.7 Å². The number of carbonyl (C=O) groups is 1. The molecule has 1 aromatic heterocycles. The van der Waals surface area contributed by atoms with Gasteiger partial charge in [-0.15, -0.1) is 0 Å². The quantitative estimate of drug-likeness (QED) is 0.926.